The number of hydrogen-bond donors (Lipinski definition) is 0. The van der Waals surface area contributed by atoms with Gasteiger partial charge in [0.25, 0.3) is 0 Å². The summed E-state index contributed by atoms with van der Waals surface area (Å²) < 4.78 is 0. The number of aryl methyl sites for hydroxylation is 1. The SMILES string of the molecule is CCCCc1ccc2c(c1-c1ccccc1)C=C(C(C)CC)C2. The minimum Gasteiger partial charge on any atom is -0.0654 e. The van der Waals surface area contributed by atoms with Gasteiger partial charge in [0.2, 0.25) is 0 Å². The van der Waals surface area contributed by atoms with Crippen molar-refractivity contribution in [2.45, 2.75) is 52.9 Å². The minimum absolute atomic E-state index is 0.685. The van der Waals surface area contributed by atoms with E-state index in [-0.39, 0.29) is 0 Å². The van der Waals surface area contributed by atoms with Crippen LogP contribution in [0.1, 0.15) is 56.7 Å². The molecular formula is C23H28. The van der Waals surface area contributed by atoms with E-state index in [9.17, 15) is 0 Å². The zero-order valence-electron chi connectivity index (χ0n) is 14.7. The predicted octanol–water partition coefficient (Wildman–Crippen LogP) is 6.68. The first-order valence-electron chi connectivity index (χ1n) is 9.15. The summed E-state index contributed by atoms with van der Waals surface area (Å²) in [4.78, 5) is 0. The summed E-state index contributed by atoms with van der Waals surface area (Å²) in [6, 6.07) is 15.7. The Kier molecular flexibility index (Phi) is 5.00. The van der Waals surface area contributed by atoms with E-state index in [0.717, 1.165) is 6.42 Å². The van der Waals surface area contributed by atoms with Gasteiger partial charge in [-0.15, -0.1) is 0 Å². The monoisotopic (exact) mass is 304 g/mol. The molecule has 1 unspecified atom stereocenters. The fourth-order valence-corrected chi connectivity index (χ4v) is 3.58. The average molecular weight is 304 g/mol. The van der Waals surface area contributed by atoms with E-state index in [1.807, 2.05) is 0 Å². The van der Waals surface area contributed by atoms with Crippen LogP contribution in [0.5, 0.6) is 0 Å². The maximum absolute atomic E-state index is 2.49. The van der Waals surface area contributed by atoms with E-state index in [1.165, 1.54) is 53.5 Å². The van der Waals surface area contributed by atoms with Gasteiger partial charge in [-0.05, 0) is 59.4 Å². The van der Waals surface area contributed by atoms with Crippen molar-refractivity contribution in [3.05, 3.63) is 64.7 Å². The van der Waals surface area contributed by atoms with Gasteiger partial charge >= 0.3 is 0 Å². The Morgan fingerprint density at radius 3 is 2.48 bits per heavy atom. The Balaban J connectivity index is 2.11. The highest BCUT2D eigenvalue weighted by molar-refractivity contribution is 5.83. The Morgan fingerprint density at radius 1 is 1.00 bits per heavy atom. The van der Waals surface area contributed by atoms with Crippen LogP contribution in [0.3, 0.4) is 0 Å². The van der Waals surface area contributed by atoms with E-state index >= 15 is 0 Å². The molecule has 0 saturated heterocycles. The van der Waals surface area contributed by atoms with Gasteiger partial charge in [0.1, 0.15) is 0 Å². The van der Waals surface area contributed by atoms with E-state index < -0.39 is 0 Å². The fraction of sp³-hybridized carbons (Fsp3) is 0.391. The van der Waals surface area contributed by atoms with Crippen molar-refractivity contribution in [3.8, 4) is 11.1 Å². The van der Waals surface area contributed by atoms with Crippen LogP contribution in [0.4, 0.5) is 0 Å². The molecule has 2 aromatic rings. The van der Waals surface area contributed by atoms with Gasteiger partial charge in [-0.2, -0.15) is 0 Å². The lowest BCUT2D eigenvalue weighted by molar-refractivity contribution is 0.647. The maximum Gasteiger partial charge on any atom is -0.00549 e. The number of unbranched alkanes of at least 4 members (excludes halogenated alkanes) is 1. The fourth-order valence-electron chi connectivity index (χ4n) is 3.58. The third kappa shape index (κ3) is 3.27. The number of rotatable bonds is 6. The maximum atomic E-state index is 2.49. The molecule has 0 N–H and O–H groups in total. The molecule has 0 heteroatoms. The van der Waals surface area contributed by atoms with Crippen molar-refractivity contribution < 1.29 is 0 Å². The van der Waals surface area contributed by atoms with Crippen LogP contribution in [0.15, 0.2) is 48.0 Å². The third-order valence-corrected chi connectivity index (χ3v) is 5.25. The molecule has 3 rings (SSSR count). The average Bonchev–Trinajstić information content (AvgIpc) is 3.03. The zero-order valence-corrected chi connectivity index (χ0v) is 14.7. The summed E-state index contributed by atoms with van der Waals surface area (Å²) in [5, 5.41) is 0. The van der Waals surface area contributed by atoms with Crippen molar-refractivity contribution in [1.82, 2.24) is 0 Å². The van der Waals surface area contributed by atoms with Gasteiger partial charge in [-0.25, -0.2) is 0 Å². The lowest BCUT2D eigenvalue weighted by Crippen LogP contribution is -1.98. The summed E-state index contributed by atoms with van der Waals surface area (Å²) in [6.45, 7) is 6.92. The summed E-state index contributed by atoms with van der Waals surface area (Å²) in [7, 11) is 0. The molecule has 0 bridgehead atoms. The molecule has 2 aromatic carbocycles. The van der Waals surface area contributed by atoms with E-state index in [2.05, 4.69) is 69.3 Å². The molecule has 0 nitrogen and oxygen atoms in total. The van der Waals surface area contributed by atoms with Gasteiger partial charge in [-0.1, -0.05) is 81.3 Å². The topological polar surface area (TPSA) is 0 Å². The van der Waals surface area contributed by atoms with Crippen molar-refractivity contribution >= 4 is 6.08 Å². The van der Waals surface area contributed by atoms with E-state index in [4.69, 9.17) is 0 Å². The summed E-state index contributed by atoms with van der Waals surface area (Å²) in [5.41, 5.74) is 8.97. The van der Waals surface area contributed by atoms with Gasteiger partial charge in [0, 0.05) is 0 Å². The van der Waals surface area contributed by atoms with Crippen LogP contribution in [0, 0.1) is 5.92 Å². The molecular weight excluding hydrogens is 276 g/mol. The van der Waals surface area contributed by atoms with Crippen molar-refractivity contribution in [1.29, 1.82) is 0 Å². The lowest BCUT2D eigenvalue weighted by Gasteiger charge is -2.14. The molecule has 1 atom stereocenters. The normalized spacial score (nSPS) is 14.5. The van der Waals surface area contributed by atoms with Crippen LogP contribution in [0.25, 0.3) is 17.2 Å². The third-order valence-electron chi connectivity index (χ3n) is 5.25. The summed E-state index contributed by atoms with van der Waals surface area (Å²) in [5.74, 6) is 0.685. The predicted molar refractivity (Wildman–Crippen MR) is 102 cm³/mol. The molecule has 0 fully saturated rings. The molecule has 120 valence electrons. The Morgan fingerprint density at radius 2 is 1.78 bits per heavy atom. The van der Waals surface area contributed by atoms with Crippen molar-refractivity contribution in [2.24, 2.45) is 5.92 Å². The molecule has 0 aromatic heterocycles. The lowest BCUT2D eigenvalue weighted by atomic mass is 9.90. The second-order valence-electron chi connectivity index (χ2n) is 6.85. The molecule has 0 spiro atoms. The second kappa shape index (κ2) is 7.17. The molecule has 0 radical (unpaired) electrons. The largest absolute Gasteiger partial charge is 0.0654 e. The van der Waals surface area contributed by atoms with Crippen LogP contribution < -0.4 is 0 Å². The highest BCUT2D eigenvalue weighted by atomic mass is 14.3. The molecule has 0 heterocycles. The van der Waals surface area contributed by atoms with E-state index in [1.54, 1.807) is 5.57 Å². The van der Waals surface area contributed by atoms with Gasteiger partial charge in [0.15, 0.2) is 0 Å². The number of hydrogen-bond acceptors (Lipinski definition) is 0. The second-order valence-corrected chi connectivity index (χ2v) is 6.85. The first-order valence-corrected chi connectivity index (χ1v) is 9.15. The van der Waals surface area contributed by atoms with Crippen LogP contribution in [-0.4, -0.2) is 0 Å². The van der Waals surface area contributed by atoms with Gasteiger partial charge in [-0.3, -0.25) is 0 Å². The molecule has 1 aliphatic rings. The minimum atomic E-state index is 0.685. The van der Waals surface area contributed by atoms with Crippen molar-refractivity contribution in [3.63, 3.8) is 0 Å². The molecule has 0 amide bonds. The first kappa shape index (κ1) is 16.1. The molecule has 0 saturated carbocycles. The van der Waals surface area contributed by atoms with Crippen molar-refractivity contribution in [2.75, 3.05) is 0 Å². The van der Waals surface area contributed by atoms with Gasteiger partial charge in [0.05, 0.1) is 0 Å². The molecule has 0 aliphatic heterocycles. The quantitative estimate of drug-likeness (QED) is 0.558. The summed E-state index contributed by atoms with van der Waals surface area (Å²) in [6.07, 6.45) is 8.54. The highest BCUT2D eigenvalue weighted by Crippen LogP contribution is 2.39. The van der Waals surface area contributed by atoms with Crippen LogP contribution >= 0.6 is 0 Å². The smallest absolute Gasteiger partial charge is 0.00549 e. The molecule has 1 aliphatic carbocycles. The Bertz CT molecular complexity index is 691. The first-order chi connectivity index (χ1) is 11.2. The van der Waals surface area contributed by atoms with Crippen LogP contribution in [0.2, 0.25) is 0 Å². The zero-order chi connectivity index (χ0) is 16.2. The Labute approximate surface area is 141 Å². The van der Waals surface area contributed by atoms with E-state index in [0.29, 0.717) is 5.92 Å². The standard InChI is InChI=1S/C23H28/c1-4-6-10-19-13-14-20-15-21(17(3)5-2)16-22(20)23(19)18-11-8-7-9-12-18/h7-9,11-14,16-17H,4-6,10,15H2,1-3H3. The highest BCUT2D eigenvalue weighted by Gasteiger charge is 2.21. The number of benzene rings is 2. The number of fused-ring (bicyclic) bond motifs is 1. The Hall–Kier alpha value is -1.82. The van der Waals surface area contributed by atoms with Crippen LogP contribution in [-0.2, 0) is 12.8 Å². The molecule has 23 heavy (non-hydrogen) atoms. The summed E-state index contributed by atoms with van der Waals surface area (Å²) >= 11 is 0. The number of allylic oxidation sites excluding steroid dienone is 1. The van der Waals surface area contributed by atoms with Gasteiger partial charge < -0.3 is 0 Å².